The van der Waals surface area contributed by atoms with Crippen LogP contribution in [0, 0.1) is 0 Å². The van der Waals surface area contributed by atoms with Gasteiger partial charge in [0.05, 0.1) is 0 Å². The maximum absolute atomic E-state index is 4.29. The zero-order valence-electron chi connectivity index (χ0n) is 8.99. The van der Waals surface area contributed by atoms with Gasteiger partial charge in [0.15, 0.2) is 0 Å². The lowest BCUT2D eigenvalue weighted by Gasteiger charge is -2.23. The summed E-state index contributed by atoms with van der Waals surface area (Å²) in [6.07, 6.45) is 7.02. The minimum atomic E-state index is 0.244. The maximum Gasteiger partial charge on any atom is 0.136 e. The van der Waals surface area contributed by atoms with Gasteiger partial charge in [0.25, 0.3) is 0 Å². The molecular weight excluding hydrogens is 172 g/mol. The highest BCUT2D eigenvalue weighted by Gasteiger charge is 2.18. The second kappa shape index (κ2) is 3.12. The van der Waals surface area contributed by atoms with Crippen molar-refractivity contribution in [2.75, 3.05) is 0 Å². The first-order chi connectivity index (χ1) is 6.63. The highest BCUT2D eigenvalue weighted by atomic mass is 15.0. The van der Waals surface area contributed by atoms with E-state index >= 15 is 0 Å². The number of fused-ring (bicyclic) bond motifs is 1. The van der Waals surface area contributed by atoms with Crippen molar-refractivity contribution >= 4 is 5.65 Å². The number of rotatable bonds is 2. The van der Waals surface area contributed by atoms with E-state index in [1.165, 1.54) is 5.56 Å². The maximum atomic E-state index is 4.29. The van der Waals surface area contributed by atoms with Crippen molar-refractivity contribution in [1.82, 2.24) is 9.38 Å². The Morgan fingerprint density at radius 1 is 1.36 bits per heavy atom. The normalized spacial score (nSPS) is 12.2. The number of pyridine rings is 1. The zero-order chi connectivity index (χ0) is 10.2. The zero-order valence-corrected chi connectivity index (χ0v) is 8.99. The van der Waals surface area contributed by atoms with Crippen molar-refractivity contribution in [2.45, 2.75) is 32.6 Å². The molecule has 2 nitrogen and oxygen atoms in total. The second-order valence-electron chi connectivity index (χ2n) is 4.35. The Bertz CT molecular complexity index is 440. The molecule has 14 heavy (non-hydrogen) atoms. The van der Waals surface area contributed by atoms with Crippen molar-refractivity contribution in [3.63, 3.8) is 0 Å². The van der Waals surface area contributed by atoms with E-state index in [1.54, 1.807) is 0 Å². The first-order valence-electron chi connectivity index (χ1n) is 5.07. The Kier molecular flexibility index (Phi) is 2.06. The lowest BCUT2D eigenvalue weighted by Crippen LogP contribution is -2.15. The molecule has 0 spiro atoms. The molecule has 0 aliphatic heterocycles. The van der Waals surface area contributed by atoms with E-state index in [9.17, 15) is 0 Å². The van der Waals surface area contributed by atoms with Crippen LogP contribution in [0.3, 0.4) is 0 Å². The monoisotopic (exact) mass is 188 g/mol. The van der Waals surface area contributed by atoms with Gasteiger partial charge in [-0.25, -0.2) is 4.98 Å². The molecule has 0 saturated heterocycles. The molecular formula is C12H16N2. The predicted octanol–water partition coefficient (Wildman–Crippen LogP) is 3.02. The summed E-state index contributed by atoms with van der Waals surface area (Å²) in [5.41, 5.74) is 2.64. The molecule has 0 aliphatic rings. The van der Waals surface area contributed by atoms with Gasteiger partial charge >= 0.3 is 0 Å². The van der Waals surface area contributed by atoms with Crippen LogP contribution >= 0.6 is 0 Å². The summed E-state index contributed by atoms with van der Waals surface area (Å²) in [6, 6.07) is 4.35. The molecule has 0 aromatic carbocycles. The average Bonchev–Trinajstić information content (AvgIpc) is 2.64. The van der Waals surface area contributed by atoms with Crippen molar-refractivity contribution in [3.05, 3.63) is 36.3 Å². The fourth-order valence-corrected chi connectivity index (χ4v) is 1.54. The molecule has 0 amide bonds. The SMILES string of the molecule is CCC(C)(C)c1ccn2ccnc2c1. The van der Waals surface area contributed by atoms with Crippen molar-refractivity contribution < 1.29 is 0 Å². The number of hydrogen-bond donors (Lipinski definition) is 0. The Balaban J connectivity index is 2.53. The van der Waals surface area contributed by atoms with E-state index < -0.39 is 0 Å². The smallest absolute Gasteiger partial charge is 0.136 e. The Hall–Kier alpha value is -1.31. The topological polar surface area (TPSA) is 17.3 Å². The minimum Gasteiger partial charge on any atom is -0.307 e. The Morgan fingerprint density at radius 3 is 2.86 bits per heavy atom. The molecule has 74 valence electrons. The molecule has 0 radical (unpaired) electrons. The van der Waals surface area contributed by atoms with Gasteiger partial charge in [0.2, 0.25) is 0 Å². The van der Waals surface area contributed by atoms with Crippen molar-refractivity contribution in [1.29, 1.82) is 0 Å². The van der Waals surface area contributed by atoms with Gasteiger partial charge < -0.3 is 4.40 Å². The molecule has 0 fully saturated rings. The van der Waals surface area contributed by atoms with Gasteiger partial charge in [0.1, 0.15) is 5.65 Å². The standard InChI is InChI=1S/C12H16N2/c1-4-12(2,3)10-5-7-14-8-6-13-11(14)9-10/h5-9H,4H2,1-3H3. The molecule has 0 unspecified atom stereocenters. The quantitative estimate of drug-likeness (QED) is 0.708. The molecule has 0 N–H and O–H groups in total. The van der Waals surface area contributed by atoms with Gasteiger partial charge in [-0.15, -0.1) is 0 Å². The lowest BCUT2D eigenvalue weighted by molar-refractivity contribution is 0.506. The number of nitrogens with zero attached hydrogens (tertiary/aromatic N) is 2. The summed E-state index contributed by atoms with van der Waals surface area (Å²) in [6.45, 7) is 6.75. The summed E-state index contributed by atoms with van der Waals surface area (Å²) in [5, 5.41) is 0. The van der Waals surface area contributed by atoms with Crippen molar-refractivity contribution in [2.24, 2.45) is 0 Å². The number of hydrogen-bond acceptors (Lipinski definition) is 1. The van der Waals surface area contributed by atoms with Crippen molar-refractivity contribution in [3.8, 4) is 0 Å². The molecule has 0 saturated carbocycles. The van der Waals surface area contributed by atoms with Gasteiger partial charge in [0, 0.05) is 18.6 Å². The van der Waals surface area contributed by atoms with Crippen LogP contribution in [0.25, 0.3) is 5.65 Å². The highest BCUT2D eigenvalue weighted by molar-refractivity contribution is 5.43. The van der Waals surface area contributed by atoms with Gasteiger partial charge in [-0.2, -0.15) is 0 Å². The van der Waals surface area contributed by atoms with Crippen LogP contribution in [0.1, 0.15) is 32.8 Å². The summed E-state index contributed by atoms with van der Waals surface area (Å²) < 4.78 is 2.04. The van der Waals surface area contributed by atoms with E-state index in [4.69, 9.17) is 0 Å². The largest absolute Gasteiger partial charge is 0.307 e. The van der Waals surface area contributed by atoms with Crippen LogP contribution in [0.4, 0.5) is 0 Å². The summed E-state index contributed by atoms with van der Waals surface area (Å²) in [4.78, 5) is 4.29. The van der Waals surface area contributed by atoms with Gasteiger partial charge in [-0.3, -0.25) is 0 Å². The summed E-state index contributed by atoms with van der Waals surface area (Å²) >= 11 is 0. The van der Waals surface area contributed by atoms with Crippen LogP contribution < -0.4 is 0 Å². The van der Waals surface area contributed by atoms with Gasteiger partial charge in [-0.05, 0) is 29.5 Å². The number of aromatic nitrogens is 2. The third-order valence-electron chi connectivity index (χ3n) is 3.06. The molecule has 2 heterocycles. The van der Waals surface area contributed by atoms with Crippen LogP contribution in [-0.4, -0.2) is 9.38 Å². The molecule has 2 aromatic heterocycles. The average molecular weight is 188 g/mol. The number of imidazole rings is 1. The second-order valence-corrected chi connectivity index (χ2v) is 4.35. The minimum absolute atomic E-state index is 0.244. The van der Waals surface area contributed by atoms with Gasteiger partial charge in [-0.1, -0.05) is 20.8 Å². The first-order valence-corrected chi connectivity index (χ1v) is 5.07. The van der Waals surface area contributed by atoms with E-state index in [2.05, 4.69) is 44.1 Å². The molecule has 2 aromatic rings. The van der Waals surface area contributed by atoms with Crippen LogP contribution in [0.2, 0.25) is 0 Å². The van der Waals surface area contributed by atoms with Crippen LogP contribution in [-0.2, 0) is 5.41 Å². The molecule has 0 bridgehead atoms. The molecule has 0 aliphatic carbocycles. The highest BCUT2D eigenvalue weighted by Crippen LogP contribution is 2.26. The first kappa shape index (κ1) is 9.25. The van der Waals surface area contributed by atoms with Crippen LogP contribution in [0.15, 0.2) is 30.7 Å². The lowest BCUT2D eigenvalue weighted by atomic mass is 9.83. The fraction of sp³-hybridized carbons (Fsp3) is 0.417. The molecule has 2 heteroatoms. The Labute approximate surface area is 84.6 Å². The third kappa shape index (κ3) is 1.41. The van der Waals surface area contributed by atoms with E-state index in [-0.39, 0.29) is 5.41 Å². The molecule has 2 rings (SSSR count). The summed E-state index contributed by atoms with van der Waals surface area (Å²) in [7, 11) is 0. The van der Waals surface area contributed by atoms with E-state index in [0.29, 0.717) is 0 Å². The summed E-state index contributed by atoms with van der Waals surface area (Å²) in [5.74, 6) is 0. The van der Waals surface area contributed by atoms with E-state index in [1.807, 2.05) is 16.8 Å². The predicted molar refractivity (Wildman–Crippen MR) is 58.5 cm³/mol. The molecule has 0 atom stereocenters. The third-order valence-corrected chi connectivity index (χ3v) is 3.06. The fourth-order valence-electron chi connectivity index (χ4n) is 1.54. The van der Waals surface area contributed by atoms with Crippen LogP contribution in [0.5, 0.6) is 0 Å². The van der Waals surface area contributed by atoms with E-state index in [0.717, 1.165) is 12.1 Å². The Morgan fingerprint density at radius 2 is 2.14 bits per heavy atom.